The van der Waals surface area contributed by atoms with Crippen LogP contribution in [0.1, 0.15) is 16.8 Å². The molecule has 2 heterocycles. The third-order valence-corrected chi connectivity index (χ3v) is 4.96. The first-order valence-corrected chi connectivity index (χ1v) is 10.0. The molecular weight excluding hydrogens is 394 g/mol. The van der Waals surface area contributed by atoms with Crippen molar-refractivity contribution in [1.82, 2.24) is 9.97 Å². The maximum atomic E-state index is 8.97. The largest absolute Gasteiger partial charge is 0.395 e. The molecule has 2 aromatic carbocycles. The van der Waals surface area contributed by atoms with E-state index in [9.17, 15) is 0 Å². The number of benzene rings is 2. The molecule has 0 aliphatic heterocycles. The van der Waals surface area contributed by atoms with Gasteiger partial charge in [0.2, 0.25) is 0 Å². The maximum Gasteiger partial charge on any atom is 0.126 e. The monoisotopic (exact) mass is 413 g/mol. The van der Waals surface area contributed by atoms with Crippen molar-refractivity contribution in [3.63, 3.8) is 0 Å². The highest BCUT2D eigenvalue weighted by molar-refractivity contribution is 6.30. The van der Waals surface area contributed by atoms with Crippen LogP contribution in [0, 0.1) is 18.8 Å². The van der Waals surface area contributed by atoms with Crippen molar-refractivity contribution in [1.29, 1.82) is 0 Å². The molecule has 0 bridgehead atoms. The molecule has 30 heavy (non-hydrogen) atoms. The summed E-state index contributed by atoms with van der Waals surface area (Å²) >= 11 is 5.95. The molecule has 2 aromatic heterocycles. The summed E-state index contributed by atoms with van der Waals surface area (Å²) in [4.78, 5) is 9.05. The van der Waals surface area contributed by atoms with Gasteiger partial charge in [0.05, 0.1) is 12.1 Å². The molecule has 0 unspecified atom stereocenters. The first-order chi connectivity index (χ1) is 14.6. The van der Waals surface area contributed by atoms with Crippen molar-refractivity contribution >= 4 is 28.3 Å². The van der Waals surface area contributed by atoms with Gasteiger partial charge >= 0.3 is 0 Å². The van der Waals surface area contributed by atoms with Crippen LogP contribution < -0.4 is 5.32 Å². The summed E-state index contributed by atoms with van der Waals surface area (Å²) in [7, 11) is 0. The molecule has 4 rings (SSSR count). The third kappa shape index (κ3) is 4.60. The zero-order valence-electron chi connectivity index (χ0n) is 16.5. The molecule has 0 radical (unpaired) electrons. The topological polar surface area (TPSA) is 58.0 Å². The highest BCUT2D eigenvalue weighted by Crippen LogP contribution is 2.22. The Morgan fingerprint density at radius 1 is 0.967 bits per heavy atom. The predicted molar refractivity (Wildman–Crippen MR) is 123 cm³/mol. The summed E-state index contributed by atoms with van der Waals surface area (Å²) in [5.74, 6) is 7.08. The van der Waals surface area contributed by atoms with E-state index < -0.39 is 0 Å². The Balaban J connectivity index is 1.56. The van der Waals surface area contributed by atoms with Gasteiger partial charge in [0.15, 0.2) is 0 Å². The lowest BCUT2D eigenvalue weighted by Gasteiger charge is -2.08. The van der Waals surface area contributed by atoms with Crippen LogP contribution in [0.2, 0.25) is 5.02 Å². The van der Waals surface area contributed by atoms with E-state index in [0.29, 0.717) is 17.3 Å². The lowest BCUT2D eigenvalue weighted by atomic mass is 10.1. The lowest BCUT2D eigenvalue weighted by molar-refractivity contribution is 0.311. The van der Waals surface area contributed by atoms with Crippen molar-refractivity contribution in [2.75, 3.05) is 18.5 Å². The average molecular weight is 414 g/mol. The summed E-state index contributed by atoms with van der Waals surface area (Å²) in [6.45, 7) is 2.59. The molecule has 0 saturated heterocycles. The number of aryl methyl sites for hydroxylation is 1. The highest BCUT2D eigenvalue weighted by atomic mass is 35.5. The van der Waals surface area contributed by atoms with Crippen LogP contribution in [-0.4, -0.2) is 28.2 Å². The minimum atomic E-state index is 0.0714. The molecule has 0 aliphatic carbocycles. The zero-order chi connectivity index (χ0) is 20.9. The van der Waals surface area contributed by atoms with Gasteiger partial charge in [-0.1, -0.05) is 35.7 Å². The second kappa shape index (κ2) is 8.96. The highest BCUT2D eigenvalue weighted by Gasteiger charge is 2.04. The molecule has 0 amide bonds. The van der Waals surface area contributed by atoms with Gasteiger partial charge in [-0.2, -0.15) is 0 Å². The van der Waals surface area contributed by atoms with E-state index in [-0.39, 0.29) is 6.61 Å². The van der Waals surface area contributed by atoms with Gasteiger partial charge in [-0.25, -0.2) is 9.97 Å². The fourth-order valence-electron chi connectivity index (χ4n) is 3.16. The fraction of sp³-hybridized carbons (Fsp3) is 0.120. The first-order valence-electron chi connectivity index (χ1n) is 9.62. The number of hydrogen-bond acceptors (Lipinski definition) is 4. The van der Waals surface area contributed by atoms with Crippen molar-refractivity contribution in [2.45, 2.75) is 6.92 Å². The number of rotatable bonds is 4. The van der Waals surface area contributed by atoms with E-state index in [1.807, 2.05) is 73.8 Å². The Morgan fingerprint density at radius 3 is 2.50 bits per heavy atom. The number of aliphatic hydroxyl groups excluding tert-OH is 1. The second-order valence-corrected chi connectivity index (χ2v) is 7.33. The molecule has 5 heteroatoms. The Hall–Kier alpha value is -3.39. The number of nitrogens with one attached hydrogen (secondary N) is 1. The molecule has 0 spiro atoms. The molecule has 0 saturated carbocycles. The van der Waals surface area contributed by atoms with Crippen molar-refractivity contribution in [2.24, 2.45) is 0 Å². The van der Waals surface area contributed by atoms with Gasteiger partial charge in [-0.3, -0.25) is 0 Å². The molecule has 0 fully saturated rings. The third-order valence-electron chi connectivity index (χ3n) is 4.71. The smallest absolute Gasteiger partial charge is 0.126 e. The molecular formula is C25H20ClN3O. The van der Waals surface area contributed by atoms with E-state index in [1.165, 1.54) is 0 Å². The fourth-order valence-corrected chi connectivity index (χ4v) is 3.29. The van der Waals surface area contributed by atoms with Crippen molar-refractivity contribution in [3.05, 3.63) is 88.7 Å². The molecule has 4 nitrogen and oxygen atoms in total. The number of halogens is 1. The molecule has 0 aliphatic rings. The Morgan fingerprint density at radius 2 is 1.77 bits per heavy atom. The maximum absolute atomic E-state index is 8.97. The summed E-state index contributed by atoms with van der Waals surface area (Å²) in [6, 6.07) is 19.6. The quantitative estimate of drug-likeness (QED) is 0.459. The van der Waals surface area contributed by atoms with Gasteiger partial charge in [-0.15, -0.1) is 0 Å². The van der Waals surface area contributed by atoms with Crippen LogP contribution in [0.4, 0.5) is 5.82 Å². The zero-order valence-corrected chi connectivity index (χ0v) is 17.2. The number of pyridine rings is 2. The van der Waals surface area contributed by atoms with E-state index in [4.69, 9.17) is 16.7 Å². The van der Waals surface area contributed by atoms with Gasteiger partial charge in [0, 0.05) is 34.3 Å². The molecule has 148 valence electrons. The Kier molecular flexibility index (Phi) is 5.94. The average Bonchev–Trinajstić information content (AvgIpc) is 2.77. The Labute approximate surface area is 180 Å². The lowest BCUT2D eigenvalue weighted by Crippen LogP contribution is -2.07. The van der Waals surface area contributed by atoms with Crippen LogP contribution in [-0.2, 0) is 0 Å². The summed E-state index contributed by atoms with van der Waals surface area (Å²) < 4.78 is 0. The standard InChI is InChI=1S/C25H20ClN3O/c1-17-14-25(27-12-13-30)29-24-11-3-18(15-23(17)24)2-9-22-10-6-20(16-28-22)19-4-7-21(26)8-5-19/h3-8,10-11,14-16,30H,12-13H2,1H3,(H,27,29). The second-order valence-electron chi connectivity index (χ2n) is 6.90. The molecule has 4 aromatic rings. The van der Waals surface area contributed by atoms with Gasteiger partial charge in [-0.05, 0) is 66.4 Å². The summed E-state index contributed by atoms with van der Waals surface area (Å²) in [5, 5.41) is 13.8. The van der Waals surface area contributed by atoms with Crippen molar-refractivity contribution in [3.8, 4) is 23.0 Å². The number of hydrogen-bond donors (Lipinski definition) is 2. The summed E-state index contributed by atoms with van der Waals surface area (Å²) in [6.07, 6.45) is 1.82. The minimum absolute atomic E-state index is 0.0714. The van der Waals surface area contributed by atoms with Gasteiger partial charge in [0.25, 0.3) is 0 Å². The number of anilines is 1. The minimum Gasteiger partial charge on any atom is -0.395 e. The number of nitrogens with zero attached hydrogens (tertiary/aromatic N) is 2. The van der Waals surface area contributed by atoms with E-state index in [2.05, 4.69) is 27.1 Å². The SMILES string of the molecule is Cc1cc(NCCO)nc2ccc(C#Cc3ccc(-c4ccc(Cl)cc4)cn3)cc12. The van der Waals surface area contributed by atoms with Gasteiger partial charge < -0.3 is 10.4 Å². The summed E-state index contributed by atoms with van der Waals surface area (Å²) in [5.41, 5.74) is 5.71. The van der Waals surface area contributed by atoms with Crippen LogP contribution in [0.15, 0.2) is 66.9 Å². The molecule has 0 atom stereocenters. The van der Waals surface area contributed by atoms with E-state index >= 15 is 0 Å². The first kappa shape index (κ1) is 19.9. The number of fused-ring (bicyclic) bond motifs is 1. The van der Waals surface area contributed by atoms with E-state index in [0.717, 1.165) is 39.0 Å². The van der Waals surface area contributed by atoms with E-state index in [1.54, 1.807) is 0 Å². The van der Waals surface area contributed by atoms with Crippen LogP contribution in [0.25, 0.3) is 22.0 Å². The number of aliphatic hydroxyl groups is 1. The van der Waals surface area contributed by atoms with Crippen molar-refractivity contribution < 1.29 is 5.11 Å². The predicted octanol–water partition coefficient (Wildman–Crippen LogP) is 5.06. The normalized spacial score (nSPS) is 10.5. The van der Waals surface area contributed by atoms with Gasteiger partial charge in [0.1, 0.15) is 11.5 Å². The van der Waals surface area contributed by atoms with Crippen LogP contribution in [0.5, 0.6) is 0 Å². The molecule has 2 N–H and O–H groups in total. The van der Waals surface area contributed by atoms with Crippen LogP contribution >= 0.6 is 11.6 Å². The van der Waals surface area contributed by atoms with Crippen LogP contribution in [0.3, 0.4) is 0 Å². The Bertz CT molecular complexity index is 1240. The number of aromatic nitrogens is 2.